The van der Waals surface area contributed by atoms with Crippen molar-refractivity contribution in [2.75, 3.05) is 44.9 Å². The number of imidazole rings is 1. The number of halogens is 2. The molecule has 186 valence electrons. The topological polar surface area (TPSA) is 90.6 Å². The molecule has 1 unspecified atom stereocenters. The van der Waals surface area contributed by atoms with E-state index < -0.39 is 11.5 Å². The number of hydrogen-bond acceptors (Lipinski definition) is 6. The van der Waals surface area contributed by atoms with E-state index in [9.17, 15) is 14.0 Å². The van der Waals surface area contributed by atoms with Gasteiger partial charge in [0.15, 0.2) is 5.82 Å². The Bertz CT molecular complexity index is 1050. The maximum absolute atomic E-state index is 13.4. The number of aromatic nitrogens is 2. The summed E-state index contributed by atoms with van der Waals surface area (Å²) in [4.78, 5) is 37.1. The van der Waals surface area contributed by atoms with E-state index >= 15 is 0 Å². The molecule has 1 aromatic heterocycles. The zero-order chi connectivity index (χ0) is 24.5. The number of nitrogens with one attached hydrogen (secondary N) is 2. The van der Waals surface area contributed by atoms with Crippen LogP contribution >= 0.6 is 11.6 Å². The molecule has 1 aromatic carbocycles. The van der Waals surface area contributed by atoms with Gasteiger partial charge in [0.05, 0.1) is 28.9 Å². The van der Waals surface area contributed by atoms with Crippen molar-refractivity contribution in [3.05, 3.63) is 23.0 Å². The van der Waals surface area contributed by atoms with Gasteiger partial charge in [0.2, 0.25) is 5.78 Å². The van der Waals surface area contributed by atoms with Crippen molar-refractivity contribution < 1.29 is 18.7 Å². The van der Waals surface area contributed by atoms with E-state index in [1.807, 2.05) is 19.1 Å². The van der Waals surface area contributed by atoms with Gasteiger partial charge in [-0.15, -0.1) is 0 Å². The predicted molar refractivity (Wildman–Crippen MR) is 131 cm³/mol. The second-order valence-electron chi connectivity index (χ2n) is 9.74. The fraction of sp³-hybridized carbons (Fsp3) is 0.625. The van der Waals surface area contributed by atoms with Crippen LogP contribution in [0.5, 0.6) is 0 Å². The van der Waals surface area contributed by atoms with Gasteiger partial charge in [-0.3, -0.25) is 9.69 Å². The van der Waals surface area contributed by atoms with Gasteiger partial charge in [0.1, 0.15) is 6.67 Å². The van der Waals surface area contributed by atoms with Crippen LogP contribution < -0.4 is 10.2 Å². The number of amides is 1. The van der Waals surface area contributed by atoms with Gasteiger partial charge in [0.25, 0.3) is 0 Å². The highest BCUT2D eigenvalue weighted by Crippen LogP contribution is 2.39. The van der Waals surface area contributed by atoms with Crippen molar-refractivity contribution >= 4 is 40.2 Å². The number of fused-ring (bicyclic) bond motifs is 1. The average Bonchev–Trinajstić information content (AvgIpc) is 3.22. The van der Waals surface area contributed by atoms with E-state index in [1.54, 1.807) is 0 Å². The Morgan fingerprint density at radius 1 is 1.32 bits per heavy atom. The van der Waals surface area contributed by atoms with Crippen molar-refractivity contribution in [1.29, 1.82) is 0 Å². The average molecular weight is 494 g/mol. The van der Waals surface area contributed by atoms with Crippen LogP contribution in [0.2, 0.25) is 5.02 Å². The molecule has 1 atom stereocenters. The number of Topliss-reactive ketones (excluding diaryl/α,β-unsaturated/α-hetero) is 1. The number of rotatable bonds is 6. The number of alkyl halides is 1. The number of anilines is 1. The minimum Gasteiger partial charge on any atom is -0.453 e. The summed E-state index contributed by atoms with van der Waals surface area (Å²) in [6.45, 7) is 6.48. The van der Waals surface area contributed by atoms with Crippen LogP contribution in [0.25, 0.3) is 11.0 Å². The van der Waals surface area contributed by atoms with Crippen LogP contribution in [0.15, 0.2) is 12.1 Å². The molecule has 1 saturated heterocycles. The summed E-state index contributed by atoms with van der Waals surface area (Å²) in [6.07, 6.45) is 2.29. The minimum atomic E-state index is -0.546. The largest absolute Gasteiger partial charge is 0.453 e. The number of alkyl carbamates (subject to hydrolysis) is 1. The summed E-state index contributed by atoms with van der Waals surface area (Å²) in [5.74, 6) is 0.317. The Morgan fingerprint density at radius 2 is 2.06 bits per heavy atom. The van der Waals surface area contributed by atoms with E-state index in [0.29, 0.717) is 48.6 Å². The Morgan fingerprint density at radius 3 is 2.71 bits per heavy atom. The second kappa shape index (κ2) is 10.1. The van der Waals surface area contributed by atoms with Crippen LogP contribution in [-0.2, 0) is 4.74 Å². The van der Waals surface area contributed by atoms with Gasteiger partial charge in [-0.1, -0.05) is 18.5 Å². The lowest BCUT2D eigenvalue weighted by Gasteiger charge is -2.41. The van der Waals surface area contributed by atoms with E-state index in [1.165, 1.54) is 7.11 Å². The van der Waals surface area contributed by atoms with Crippen LogP contribution in [0.3, 0.4) is 0 Å². The number of methoxy groups -OCH3 is 1. The number of aromatic amines is 1. The first-order valence-electron chi connectivity index (χ1n) is 11.9. The third-order valence-corrected chi connectivity index (χ3v) is 7.63. The van der Waals surface area contributed by atoms with Gasteiger partial charge in [-0.25, -0.2) is 14.2 Å². The standard InChI is InChI=1S/C24H33ClFN5O3/c1-15-14-30(9-8-26)10-11-31(15)20-13-19-18(12-17(20)25)28-22(29-19)21(32)24(2)6-4-16(5-7-24)27-23(33)34-3/h12-13,15-16H,4-11,14H2,1-3H3,(H,27,33)(H,28,29). The molecule has 1 saturated carbocycles. The first-order chi connectivity index (χ1) is 16.2. The summed E-state index contributed by atoms with van der Waals surface area (Å²) in [6, 6.07) is 3.96. The normalized spacial score (nSPS) is 26.0. The van der Waals surface area contributed by atoms with Crippen LogP contribution in [0.1, 0.15) is 50.1 Å². The SMILES string of the molecule is COC(=O)NC1CCC(C)(C(=O)c2nc3cc(N4CCN(CCF)CC4C)c(Cl)cc3[nH]2)CC1. The van der Waals surface area contributed by atoms with E-state index in [4.69, 9.17) is 11.6 Å². The molecule has 8 nitrogen and oxygen atoms in total. The van der Waals surface area contributed by atoms with Crippen molar-refractivity contribution in [2.24, 2.45) is 5.41 Å². The van der Waals surface area contributed by atoms with E-state index in [0.717, 1.165) is 30.8 Å². The van der Waals surface area contributed by atoms with Gasteiger partial charge < -0.3 is 19.9 Å². The Kier molecular flexibility index (Phi) is 7.33. The molecule has 2 heterocycles. The highest BCUT2D eigenvalue weighted by Gasteiger charge is 2.40. The van der Waals surface area contributed by atoms with Crippen LogP contribution in [0, 0.1) is 5.41 Å². The molecule has 2 N–H and O–H groups in total. The van der Waals surface area contributed by atoms with E-state index in [2.05, 4.69) is 36.7 Å². The molecule has 2 aliphatic rings. The Balaban J connectivity index is 1.50. The summed E-state index contributed by atoms with van der Waals surface area (Å²) in [7, 11) is 1.35. The third kappa shape index (κ3) is 5.00. The first kappa shape index (κ1) is 24.7. The molecule has 2 aromatic rings. The zero-order valence-electron chi connectivity index (χ0n) is 20.0. The summed E-state index contributed by atoms with van der Waals surface area (Å²) in [5.41, 5.74) is 1.76. The molecule has 0 bridgehead atoms. The number of ether oxygens (including phenoxy) is 1. The van der Waals surface area contributed by atoms with Crippen molar-refractivity contribution in [2.45, 2.75) is 51.6 Å². The van der Waals surface area contributed by atoms with Gasteiger partial charge in [-0.05, 0) is 44.7 Å². The number of piperazine rings is 1. The Hall–Kier alpha value is -2.39. The number of nitrogens with zero attached hydrogens (tertiary/aromatic N) is 3. The van der Waals surface area contributed by atoms with Gasteiger partial charge in [0, 0.05) is 43.7 Å². The maximum atomic E-state index is 13.4. The molecule has 1 amide bonds. The quantitative estimate of drug-likeness (QED) is 0.586. The third-order valence-electron chi connectivity index (χ3n) is 7.33. The highest BCUT2D eigenvalue weighted by molar-refractivity contribution is 6.34. The molecule has 34 heavy (non-hydrogen) atoms. The molecular formula is C24H33ClFN5O3. The Labute approximate surface area is 204 Å². The van der Waals surface area contributed by atoms with E-state index in [-0.39, 0.29) is 24.5 Å². The number of hydrogen-bond donors (Lipinski definition) is 2. The smallest absolute Gasteiger partial charge is 0.407 e. The fourth-order valence-electron chi connectivity index (χ4n) is 5.20. The minimum absolute atomic E-state index is 0.0118. The molecular weight excluding hydrogens is 461 g/mol. The molecule has 4 rings (SSSR count). The predicted octanol–water partition coefficient (Wildman–Crippen LogP) is 4.18. The summed E-state index contributed by atoms with van der Waals surface area (Å²) in [5, 5.41) is 3.43. The lowest BCUT2D eigenvalue weighted by Crippen LogP contribution is -2.52. The fourth-order valence-corrected chi connectivity index (χ4v) is 5.47. The first-order valence-corrected chi connectivity index (χ1v) is 12.3. The number of carbonyl (C=O) groups excluding carboxylic acids is 2. The molecule has 1 aliphatic carbocycles. The maximum Gasteiger partial charge on any atom is 0.407 e. The molecule has 0 radical (unpaired) electrons. The molecule has 2 fully saturated rings. The van der Waals surface area contributed by atoms with Crippen molar-refractivity contribution in [1.82, 2.24) is 20.2 Å². The molecule has 10 heteroatoms. The lowest BCUT2D eigenvalue weighted by molar-refractivity contribution is 0.0715. The van der Waals surface area contributed by atoms with Crippen LogP contribution in [-0.4, -0.2) is 78.8 Å². The monoisotopic (exact) mass is 493 g/mol. The second-order valence-corrected chi connectivity index (χ2v) is 10.1. The molecule has 1 aliphatic heterocycles. The van der Waals surface area contributed by atoms with Crippen molar-refractivity contribution in [3.63, 3.8) is 0 Å². The zero-order valence-corrected chi connectivity index (χ0v) is 20.8. The summed E-state index contributed by atoms with van der Waals surface area (Å²) >= 11 is 6.64. The number of carbonyl (C=O) groups is 2. The number of benzene rings is 1. The lowest BCUT2D eigenvalue weighted by atomic mass is 9.71. The molecule has 0 spiro atoms. The number of ketones is 1. The van der Waals surface area contributed by atoms with Crippen LogP contribution in [0.4, 0.5) is 14.9 Å². The summed E-state index contributed by atoms with van der Waals surface area (Å²) < 4.78 is 17.4. The number of H-pyrrole nitrogens is 1. The van der Waals surface area contributed by atoms with Gasteiger partial charge in [-0.2, -0.15) is 0 Å². The van der Waals surface area contributed by atoms with Crippen molar-refractivity contribution in [3.8, 4) is 0 Å². The van der Waals surface area contributed by atoms with Gasteiger partial charge >= 0.3 is 6.09 Å². The highest BCUT2D eigenvalue weighted by atomic mass is 35.5.